The monoisotopic (exact) mass is 464 g/mol. The van der Waals surface area contributed by atoms with Gasteiger partial charge >= 0.3 is 5.97 Å². The molecule has 0 saturated heterocycles. The van der Waals surface area contributed by atoms with E-state index in [1.165, 1.54) is 18.2 Å². The van der Waals surface area contributed by atoms with Crippen molar-refractivity contribution < 1.29 is 18.7 Å². The number of benzene rings is 3. The maximum Gasteiger partial charge on any atom is 0.328 e. The lowest BCUT2D eigenvalue weighted by Gasteiger charge is -2.18. The Kier molecular flexibility index (Phi) is 6.38. The van der Waals surface area contributed by atoms with E-state index in [0.29, 0.717) is 22.9 Å². The minimum Gasteiger partial charge on any atom is -0.478 e. The number of aliphatic carboxylic acids is 1. The van der Waals surface area contributed by atoms with Crippen molar-refractivity contribution in [2.75, 3.05) is 0 Å². The van der Waals surface area contributed by atoms with Crippen molar-refractivity contribution in [2.45, 2.75) is 13.3 Å². The third-order valence-corrected chi connectivity index (χ3v) is 5.65. The summed E-state index contributed by atoms with van der Waals surface area (Å²) in [5, 5.41) is 15.8. The molecule has 0 aliphatic carbocycles. The quantitative estimate of drug-likeness (QED) is 0.239. The first-order valence-electron chi connectivity index (χ1n) is 10.2. The average molecular weight is 465 g/mol. The van der Waals surface area contributed by atoms with Crippen molar-refractivity contribution in [3.05, 3.63) is 106 Å². The first-order chi connectivity index (χ1) is 15.9. The van der Waals surface area contributed by atoms with Gasteiger partial charge in [0.15, 0.2) is 0 Å². The second kappa shape index (κ2) is 9.38. The highest BCUT2D eigenvalue weighted by Crippen LogP contribution is 2.38. The van der Waals surface area contributed by atoms with Crippen molar-refractivity contribution in [2.24, 2.45) is 0 Å². The predicted octanol–water partition coefficient (Wildman–Crippen LogP) is 6.96. The van der Waals surface area contributed by atoms with Crippen molar-refractivity contribution in [3.63, 3.8) is 0 Å². The Morgan fingerprint density at radius 3 is 2.45 bits per heavy atom. The van der Waals surface area contributed by atoms with Gasteiger partial charge in [-0.15, -0.1) is 5.10 Å². The molecule has 33 heavy (non-hydrogen) atoms. The fourth-order valence-corrected chi connectivity index (χ4v) is 4.10. The van der Waals surface area contributed by atoms with Crippen LogP contribution in [0.3, 0.4) is 0 Å². The van der Waals surface area contributed by atoms with Crippen molar-refractivity contribution in [3.8, 4) is 0 Å². The summed E-state index contributed by atoms with van der Waals surface area (Å²) in [6.45, 7) is 1.97. The van der Waals surface area contributed by atoms with E-state index in [0.717, 1.165) is 33.9 Å². The van der Waals surface area contributed by atoms with Crippen LogP contribution in [-0.2, 0) is 4.79 Å². The SMILES string of the molecule is CC/C(=C(/c1ccc(/C=C/C(=O)O)cc1)c1ccc2[nH]nc(F)c2c1)c1ccc(F)cc1Cl. The van der Waals surface area contributed by atoms with E-state index in [-0.39, 0.29) is 5.02 Å². The van der Waals surface area contributed by atoms with Crippen LogP contribution < -0.4 is 0 Å². The number of nitrogens with zero attached hydrogens (tertiary/aromatic N) is 1. The van der Waals surface area contributed by atoms with E-state index in [1.54, 1.807) is 30.3 Å². The molecule has 4 nitrogen and oxygen atoms in total. The van der Waals surface area contributed by atoms with Crippen LogP contribution in [0.2, 0.25) is 5.02 Å². The molecule has 0 spiro atoms. The number of halogens is 3. The van der Waals surface area contributed by atoms with Gasteiger partial charge in [0, 0.05) is 6.08 Å². The Bertz CT molecular complexity index is 1410. The van der Waals surface area contributed by atoms with Gasteiger partial charge in [-0.3, -0.25) is 5.10 Å². The average Bonchev–Trinajstić information content (AvgIpc) is 3.17. The number of hydrogen-bond donors (Lipinski definition) is 2. The largest absolute Gasteiger partial charge is 0.478 e. The number of aromatic amines is 1. The third-order valence-electron chi connectivity index (χ3n) is 5.33. The number of allylic oxidation sites excluding steroid dienone is 1. The highest BCUT2D eigenvalue weighted by Gasteiger charge is 2.17. The number of H-pyrrole nitrogens is 1. The standard InChI is InChI=1S/C26H19ClF2N2O2/c1-2-19(20-10-9-18(28)14-22(20)27)25(16-6-3-15(4-7-16)5-12-24(32)33)17-8-11-23-21(13-17)26(29)31-30-23/h3-14H,2H2,1H3,(H,30,31)(H,32,33)/b12-5+,25-19+. The highest BCUT2D eigenvalue weighted by atomic mass is 35.5. The number of nitrogens with one attached hydrogen (secondary N) is 1. The van der Waals surface area contributed by atoms with E-state index in [2.05, 4.69) is 10.2 Å². The Morgan fingerprint density at radius 2 is 1.79 bits per heavy atom. The van der Waals surface area contributed by atoms with Gasteiger partial charge in [-0.25, -0.2) is 9.18 Å². The minimum atomic E-state index is -1.03. The molecule has 0 radical (unpaired) electrons. The second-order valence-corrected chi connectivity index (χ2v) is 7.81. The first-order valence-corrected chi connectivity index (χ1v) is 10.6. The van der Waals surface area contributed by atoms with Crippen molar-refractivity contribution in [1.29, 1.82) is 0 Å². The minimum absolute atomic E-state index is 0.279. The summed E-state index contributed by atoms with van der Waals surface area (Å²) in [5.41, 5.74) is 5.20. The molecule has 0 unspecified atom stereocenters. The van der Waals surface area contributed by atoms with Crippen molar-refractivity contribution >= 4 is 45.7 Å². The molecular weight excluding hydrogens is 446 g/mol. The summed E-state index contributed by atoms with van der Waals surface area (Å²) in [7, 11) is 0. The Morgan fingerprint density at radius 1 is 1.06 bits per heavy atom. The molecule has 3 aromatic carbocycles. The van der Waals surface area contributed by atoms with Crippen LogP contribution in [0, 0.1) is 11.8 Å². The molecule has 0 atom stereocenters. The third kappa shape index (κ3) is 4.71. The molecule has 7 heteroatoms. The lowest BCUT2D eigenvalue weighted by molar-refractivity contribution is -0.131. The number of hydrogen-bond acceptors (Lipinski definition) is 2. The molecule has 0 aliphatic rings. The molecule has 0 aliphatic heterocycles. The van der Waals surface area contributed by atoms with Crippen LogP contribution in [0.25, 0.3) is 28.1 Å². The maximum absolute atomic E-state index is 14.2. The summed E-state index contributed by atoms with van der Waals surface area (Å²) in [5.74, 6) is -2.07. The summed E-state index contributed by atoms with van der Waals surface area (Å²) >= 11 is 6.41. The number of rotatable bonds is 6. The molecular formula is C26H19ClF2N2O2. The molecule has 0 amide bonds. The summed E-state index contributed by atoms with van der Waals surface area (Å²) in [6, 6.07) is 16.9. The lowest BCUT2D eigenvalue weighted by Crippen LogP contribution is -1.97. The van der Waals surface area contributed by atoms with E-state index in [9.17, 15) is 13.6 Å². The van der Waals surface area contributed by atoms with Gasteiger partial charge in [0.2, 0.25) is 5.95 Å². The molecule has 4 aromatic rings. The normalized spacial score (nSPS) is 12.4. The van der Waals surface area contributed by atoms with E-state index >= 15 is 0 Å². The molecule has 1 heterocycles. The first kappa shape index (κ1) is 22.4. The van der Waals surface area contributed by atoms with E-state index in [4.69, 9.17) is 16.7 Å². The summed E-state index contributed by atoms with van der Waals surface area (Å²) in [4.78, 5) is 10.8. The van der Waals surface area contributed by atoms with Crippen LogP contribution in [0.1, 0.15) is 35.6 Å². The maximum atomic E-state index is 14.2. The Hall–Kier alpha value is -3.77. The molecule has 166 valence electrons. The number of carboxylic acid groups (broad SMARTS) is 1. The fourth-order valence-electron chi connectivity index (χ4n) is 3.82. The topological polar surface area (TPSA) is 66.0 Å². The number of fused-ring (bicyclic) bond motifs is 1. The summed E-state index contributed by atoms with van der Waals surface area (Å²) < 4.78 is 28.0. The zero-order valence-electron chi connectivity index (χ0n) is 17.6. The molecule has 2 N–H and O–H groups in total. The van der Waals surface area contributed by atoms with Gasteiger partial charge < -0.3 is 5.11 Å². The Balaban J connectivity index is 1.95. The number of carboxylic acids is 1. The molecule has 0 saturated carbocycles. The molecule has 0 bridgehead atoms. The second-order valence-electron chi connectivity index (χ2n) is 7.40. The number of carbonyl (C=O) groups is 1. The van der Waals surface area contributed by atoms with Crippen LogP contribution in [-0.4, -0.2) is 21.3 Å². The van der Waals surface area contributed by atoms with Gasteiger partial charge in [-0.1, -0.05) is 54.9 Å². The highest BCUT2D eigenvalue weighted by molar-refractivity contribution is 6.32. The lowest BCUT2D eigenvalue weighted by atomic mass is 9.87. The van der Waals surface area contributed by atoms with Gasteiger partial charge in [-0.2, -0.15) is 4.39 Å². The van der Waals surface area contributed by atoms with Crippen molar-refractivity contribution in [1.82, 2.24) is 10.2 Å². The fraction of sp³-hybridized carbons (Fsp3) is 0.0769. The van der Waals surface area contributed by atoms with Crippen LogP contribution in [0.5, 0.6) is 0 Å². The van der Waals surface area contributed by atoms with Crippen LogP contribution in [0.4, 0.5) is 8.78 Å². The molecule has 1 aromatic heterocycles. The Labute approximate surface area is 193 Å². The van der Waals surface area contributed by atoms with Crippen LogP contribution in [0.15, 0.2) is 66.7 Å². The van der Waals surface area contributed by atoms with Crippen LogP contribution >= 0.6 is 11.6 Å². The smallest absolute Gasteiger partial charge is 0.328 e. The molecule has 0 fully saturated rings. The zero-order chi connectivity index (χ0) is 23.5. The van der Waals surface area contributed by atoms with Gasteiger partial charge in [0.25, 0.3) is 0 Å². The van der Waals surface area contributed by atoms with Gasteiger partial charge in [-0.05, 0) is 70.2 Å². The predicted molar refractivity (Wildman–Crippen MR) is 127 cm³/mol. The summed E-state index contributed by atoms with van der Waals surface area (Å²) in [6.07, 6.45) is 3.14. The molecule has 4 rings (SSSR count). The zero-order valence-corrected chi connectivity index (χ0v) is 18.3. The van der Waals surface area contributed by atoms with E-state index in [1.807, 2.05) is 25.1 Å². The van der Waals surface area contributed by atoms with Gasteiger partial charge in [0.05, 0.1) is 15.9 Å². The number of aromatic nitrogens is 2. The van der Waals surface area contributed by atoms with E-state index < -0.39 is 17.7 Å². The van der Waals surface area contributed by atoms with Gasteiger partial charge in [0.1, 0.15) is 5.82 Å².